The van der Waals surface area contributed by atoms with Gasteiger partial charge in [0.1, 0.15) is 0 Å². The minimum atomic E-state index is -0.251. The van der Waals surface area contributed by atoms with E-state index in [4.69, 9.17) is 0 Å². The van der Waals surface area contributed by atoms with Crippen LogP contribution in [0.1, 0.15) is 12.0 Å². The van der Waals surface area contributed by atoms with Crippen LogP contribution >= 0.6 is 15.9 Å². The van der Waals surface area contributed by atoms with Crippen molar-refractivity contribution in [3.63, 3.8) is 0 Å². The highest BCUT2D eigenvalue weighted by molar-refractivity contribution is 9.10. The summed E-state index contributed by atoms with van der Waals surface area (Å²) in [7, 11) is 0. The van der Waals surface area contributed by atoms with Crippen molar-refractivity contribution in [2.75, 3.05) is 29.9 Å². The fraction of sp³-hybridized carbons (Fsp3) is 0.263. The molecule has 6 heteroatoms. The molecular weight excluding hydrogens is 382 g/mol. The SMILES string of the molecule is O=C(CN1CCCc2ccccc21)NCC(=O)Nc1ccccc1Br. The van der Waals surface area contributed by atoms with E-state index in [0.29, 0.717) is 5.69 Å². The number of hydrogen-bond acceptors (Lipinski definition) is 3. The summed E-state index contributed by atoms with van der Waals surface area (Å²) in [5, 5.41) is 5.46. The molecule has 5 nitrogen and oxygen atoms in total. The Bertz CT molecular complexity index is 779. The Morgan fingerprint density at radius 3 is 2.64 bits per heavy atom. The zero-order valence-electron chi connectivity index (χ0n) is 13.8. The number of anilines is 2. The number of amides is 2. The number of rotatable bonds is 5. The van der Waals surface area contributed by atoms with Gasteiger partial charge in [-0.15, -0.1) is 0 Å². The Balaban J connectivity index is 1.50. The Hall–Kier alpha value is -2.34. The van der Waals surface area contributed by atoms with E-state index in [9.17, 15) is 9.59 Å². The lowest BCUT2D eigenvalue weighted by atomic mass is 10.0. The van der Waals surface area contributed by atoms with Crippen LogP contribution in [0.5, 0.6) is 0 Å². The number of aryl methyl sites for hydroxylation is 1. The van der Waals surface area contributed by atoms with E-state index in [2.05, 4.69) is 37.5 Å². The molecule has 2 amide bonds. The molecule has 0 saturated heterocycles. The quantitative estimate of drug-likeness (QED) is 0.809. The van der Waals surface area contributed by atoms with Crippen molar-refractivity contribution in [1.82, 2.24) is 5.32 Å². The van der Waals surface area contributed by atoms with Gasteiger partial charge in [-0.1, -0.05) is 30.3 Å². The fourth-order valence-corrected chi connectivity index (χ4v) is 3.32. The summed E-state index contributed by atoms with van der Waals surface area (Å²) in [5.41, 5.74) is 3.07. The summed E-state index contributed by atoms with van der Waals surface area (Å²) in [6.45, 7) is 1.07. The third-order valence-corrected chi connectivity index (χ3v) is 4.83. The maximum atomic E-state index is 12.2. The van der Waals surface area contributed by atoms with Gasteiger partial charge in [0.05, 0.1) is 18.8 Å². The second-order valence-electron chi connectivity index (χ2n) is 5.96. The third-order valence-electron chi connectivity index (χ3n) is 4.13. The molecule has 2 N–H and O–H groups in total. The van der Waals surface area contributed by atoms with E-state index < -0.39 is 0 Å². The van der Waals surface area contributed by atoms with Gasteiger partial charge in [0.25, 0.3) is 0 Å². The largest absolute Gasteiger partial charge is 0.362 e. The smallest absolute Gasteiger partial charge is 0.243 e. The molecule has 2 aromatic carbocycles. The van der Waals surface area contributed by atoms with Gasteiger partial charge in [-0.25, -0.2) is 0 Å². The lowest BCUT2D eigenvalue weighted by molar-refractivity contribution is -0.123. The van der Waals surface area contributed by atoms with E-state index in [0.717, 1.165) is 29.5 Å². The van der Waals surface area contributed by atoms with Crippen molar-refractivity contribution in [2.45, 2.75) is 12.8 Å². The van der Waals surface area contributed by atoms with Crippen LogP contribution in [-0.4, -0.2) is 31.4 Å². The summed E-state index contributed by atoms with van der Waals surface area (Å²) in [6, 6.07) is 15.5. The average molecular weight is 402 g/mol. The van der Waals surface area contributed by atoms with E-state index in [1.807, 2.05) is 36.4 Å². The number of carbonyl (C=O) groups is 2. The third kappa shape index (κ3) is 4.60. The van der Waals surface area contributed by atoms with Gasteiger partial charge in [-0.05, 0) is 52.5 Å². The van der Waals surface area contributed by atoms with Crippen LogP contribution in [0.15, 0.2) is 53.0 Å². The molecule has 130 valence electrons. The Labute approximate surface area is 155 Å². The molecule has 1 aliphatic heterocycles. The highest BCUT2D eigenvalue weighted by Crippen LogP contribution is 2.26. The molecule has 25 heavy (non-hydrogen) atoms. The average Bonchev–Trinajstić information content (AvgIpc) is 2.62. The molecule has 0 bridgehead atoms. The molecule has 0 atom stereocenters. The van der Waals surface area contributed by atoms with E-state index in [-0.39, 0.29) is 24.9 Å². The Morgan fingerprint density at radius 2 is 1.80 bits per heavy atom. The predicted octanol–water partition coefficient (Wildman–Crippen LogP) is 2.96. The number of hydrogen-bond donors (Lipinski definition) is 2. The predicted molar refractivity (Wildman–Crippen MR) is 103 cm³/mol. The second-order valence-corrected chi connectivity index (χ2v) is 6.81. The van der Waals surface area contributed by atoms with Gasteiger partial charge in [-0.2, -0.15) is 0 Å². The van der Waals surface area contributed by atoms with E-state index in [1.165, 1.54) is 5.56 Å². The van der Waals surface area contributed by atoms with Crippen LogP contribution < -0.4 is 15.5 Å². The Morgan fingerprint density at radius 1 is 1.04 bits per heavy atom. The van der Waals surface area contributed by atoms with Crippen LogP contribution in [0, 0.1) is 0 Å². The van der Waals surface area contributed by atoms with Crippen molar-refractivity contribution in [2.24, 2.45) is 0 Å². The molecule has 0 aliphatic carbocycles. The molecule has 0 spiro atoms. The van der Waals surface area contributed by atoms with Gasteiger partial charge in [0, 0.05) is 16.7 Å². The fourth-order valence-electron chi connectivity index (χ4n) is 2.94. The van der Waals surface area contributed by atoms with Crippen molar-refractivity contribution >= 4 is 39.1 Å². The number of nitrogens with one attached hydrogen (secondary N) is 2. The van der Waals surface area contributed by atoms with Crippen molar-refractivity contribution in [3.05, 3.63) is 58.6 Å². The number of fused-ring (bicyclic) bond motifs is 1. The van der Waals surface area contributed by atoms with Gasteiger partial charge in [0.15, 0.2) is 0 Å². The summed E-state index contributed by atoms with van der Waals surface area (Å²) >= 11 is 3.38. The van der Waals surface area contributed by atoms with Crippen LogP contribution in [-0.2, 0) is 16.0 Å². The van der Waals surface area contributed by atoms with Gasteiger partial charge in [0.2, 0.25) is 11.8 Å². The van der Waals surface area contributed by atoms with Crippen molar-refractivity contribution in [1.29, 1.82) is 0 Å². The highest BCUT2D eigenvalue weighted by Gasteiger charge is 2.18. The van der Waals surface area contributed by atoms with Crippen LogP contribution in [0.4, 0.5) is 11.4 Å². The summed E-state index contributed by atoms with van der Waals surface area (Å²) in [5.74, 6) is -0.404. The summed E-state index contributed by atoms with van der Waals surface area (Å²) < 4.78 is 0.805. The van der Waals surface area contributed by atoms with Gasteiger partial charge in [-0.3, -0.25) is 9.59 Å². The molecule has 0 unspecified atom stereocenters. The minimum Gasteiger partial charge on any atom is -0.362 e. The first-order valence-electron chi connectivity index (χ1n) is 8.27. The molecule has 1 heterocycles. The number of nitrogens with zero attached hydrogens (tertiary/aromatic N) is 1. The minimum absolute atomic E-state index is 0.0460. The van der Waals surface area contributed by atoms with Crippen LogP contribution in [0.25, 0.3) is 0 Å². The van der Waals surface area contributed by atoms with Crippen LogP contribution in [0.2, 0.25) is 0 Å². The van der Waals surface area contributed by atoms with E-state index >= 15 is 0 Å². The normalized spacial score (nSPS) is 13.1. The monoisotopic (exact) mass is 401 g/mol. The number of carbonyl (C=O) groups excluding carboxylic acids is 2. The van der Waals surface area contributed by atoms with Gasteiger partial charge >= 0.3 is 0 Å². The van der Waals surface area contributed by atoms with E-state index in [1.54, 1.807) is 6.07 Å². The lowest BCUT2D eigenvalue weighted by Gasteiger charge is -2.30. The number of halogens is 1. The number of benzene rings is 2. The summed E-state index contributed by atoms with van der Waals surface area (Å²) in [6.07, 6.45) is 2.08. The first-order valence-corrected chi connectivity index (χ1v) is 9.07. The molecule has 2 aromatic rings. The number of para-hydroxylation sites is 2. The lowest BCUT2D eigenvalue weighted by Crippen LogP contribution is -2.42. The molecule has 0 fully saturated rings. The van der Waals surface area contributed by atoms with Crippen LogP contribution in [0.3, 0.4) is 0 Å². The van der Waals surface area contributed by atoms with Crippen molar-refractivity contribution < 1.29 is 9.59 Å². The maximum absolute atomic E-state index is 12.2. The molecular formula is C19H20BrN3O2. The zero-order valence-corrected chi connectivity index (χ0v) is 15.4. The molecule has 1 aliphatic rings. The molecule has 3 rings (SSSR count). The first kappa shape index (κ1) is 17.5. The summed E-state index contributed by atoms with van der Waals surface area (Å²) in [4.78, 5) is 26.3. The standard InChI is InChI=1S/C19H20BrN3O2/c20-15-8-2-3-9-16(15)22-18(24)12-21-19(25)13-23-11-5-7-14-6-1-4-10-17(14)23/h1-4,6,8-10H,5,7,11-13H2,(H,21,25)(H,22,24). The Kier molecular flexibility index (Phi) is 5.71. The van der Waals surface area contributed by atoms with Gasteiger partial charge < -0.3 is 15.5 Å². The maximum Gasteiger partial charge on any atom is 0.243 e. The topological polar surface area (TPSA) is 61.4 Å². The molecule has 0 radical (unpaired) electrons. The van der Waals surface area contributed by atoms with Crippen molar-refractivity contribution in [3.8, 4) is 0 Å². The first-order chi connectivity index (χ1) is 12.1. The molecule has 0 saturated carbocycles. The zero-order chi connectivity index (χ0) is 17.6. The highest BCUT2D eigenvalue weighted by atomic mass is 79.9. The molecule has 0 aromatic heterocycles. The second kappa shape index (κ2) is 8.16.